The summed E-state index contributed by atoms with van der Waals surface area (Å²) in [6.07, 6.45) is -7.80. The van der Waals surface area contributed by atoms with E-state index in [0.717, 1.165) is 24.3 Å². The first-order valence-electron chi connectivity index (χ1n) is 9.52. The van der Waals surface area contributed by atoms with Crippen LogP contribution in [0.4, 0.5) is 32.2 Å². The number of rotatable bonds is 4. The molecule has 2 atom stereocenters. The van der Waals surface area contributed by atoms with Crippen molar-refractivity contribution in [3.8, 4) is 5.82 Å². The SMILES string of the molecule is Cc1cc(NC(=O)C2CC2c2ccc(C(F)(F)F)cc2)n(-c2ccc(C(F)(F)F)cn2)n1. The second-order valence-electron chi connectivity index (χ2n) is 7.54. The van der Waals surface area contributed by atoms with Gasteiger partial charge in [0.25, 0.3) is 0 Å². The Morgan fingerprint density at radius 3 is 2.19 bits per heavy atom. The molecule has 1 aliphatic carbocycles. The third kappa shape index (κ3) is 4.46. The van der Waals surface area contributed by atoms with Gasteiger partial charge in [0.15, 0.2) is 5.82 Å². The van der Waals surface area contributed by atoms with Crippen LogP contribution in [-0.4, -0.2) is 20.7 Å². The van der Waals surface area contributed by atoms with Gasteiger partial charge in [0.1, 0.15) is 5.82 Å². The van der Waals surface area contributed by atoms with E-state index in [1.54, 1.807) is 13.0 Å². The summed E-state index contributed by atoms with van der Waals surface area (Å²) < 4.78 is 77.6. The Labute approximate surface area is 178 Å². The number of nitrogens with one attached hydrogen (secondary N) is 1. The maximum atomic E-state index is 12.8. The summed E-state index contributed by atoms with van der Waals surface area (Å²) in [6, 6.07) is 8.25. The molecule has 1 N–H and O–H groups in total. The Balaban J connectivity index is 1.47. The molecule has 1 aliphatic rings. The first-order valence-corrected chi connectivity index (χ1v) is 9.52. The molecule has 0 bridgehead atoms. The summed E-state index contributed by atoms with van der Waals surface area (Å²) in [4.78, 5) is 16.4. The molecule has 1 amide bonds. The minimum absolute atomic E-state index is 0.0940. The Morgan fingerprint density at radius 1 is 1.00 bits per heavy atom. The molecule has 0 radical (unpaired) electrons. The van der Waals surface area contributed by atoms with E-state index in [-0.39, 0.29) is 23.5 Å². The molecule has 1 aromatic carbocycles. The summed E-state index contributed by atoms with van der Waals surface area (Å²) in [7, 11) is 0. The molecule has 0 aliphatic heterocycles. The van der Waals surface area contributed by atoms with Crippen molar-refractivity contribution < 1.29 is 31.1 Å². The summed E-state index contributed by atoms with van der Waals surface area (Å²) in [5.41, 5.74) is -0.524. The molecule has 1 saturated carbocycles. The van der Waals surface area contributed by atoms with Crippen LogP contribution in [-0.2, 0) is 17.1 Å². The molecular weight excluding hydrogens is 438 g/mol. The molecule has 4 rings (SSSR count). The van der Waals surface area contributed by atoms with Crippen LogP contribution >= 0.6 is 0 Å². The van der Waals surface area contributed by atoms with Crippen molar-refractivity contribution in [2.24, 2.45) is 5.92 Å². The second-order valence-corrected chi connectivity index (χ2v) is 7.54. The lowest BCUT2D eigenvalue weighted by Gasteiger charge is -2.10. The summed E-state index contributed by atoms with van der Waals surface area (Å²) >= 11 is 0. The largest absolute Gasteiger partial charge is 0.417 e. The van der Waals surface area contributed by atoms with Crippen LogP contribution in [0.2, 0.25) is 0 Å². The number of nitrogens with zero attached hydrogens (tertiary/aromatic N) is 3. The van der Waals surface area contributed by atoms with Crippen LogP contribution in [0.15, 0.2) is 48.7 Å². The Kier molecular flexibility index (Phi) is 5.22. The Bertz CT molecular complexity index is 1130. The molecule has 1 fully saturated rings. The molecule has 5 nitrogen and oxygen atoms in total. The minimum atomic E-state index is -4.53. The van der Waals surface area contributed by atoms with E-state index in [0.29, 0.717) is 23.9 Å². The zero-order valence-electron chi connectivity index (χ0n) is 16.5. The smallest absolute Gasteiger partial charge is 0.310 e. The summed E-state index contributed by atoms with van der Waals surface area (Å²) in [5.74, 6) is -0.674. The Hall–Kier alpha value is -3.37. The molecule has 0 saturated heterocycles. The van der Waals surface area contributed by atoms with Gasteiger partial charge in [0.2, 0.25) is 5.91 Å². The zero-order valence-corrected chi connectivity index (χ0v) is 16.5. The predicted octanol–water partition coefficient (Wildman–Crippen LogP) is 5.36. The third-order valence-corrected chi connectivity index (χ3v) is 5.17. The van der Waals surface area contributed by atoms with Gasteiger partial charge in [-0.3, -0.25) is 4.79 Å². The number of pyridine rings is 1. The first-order chi connectivity index (χ1) is 14.9. The molecule has 3 aromatic rings. The number of aryl methyl sites for hydroxylation is 1. The first kappa shape index (κ1) is 21.8. The number of carbonyl (C=O) groups excluding carboxylic acids is 1. The quantitative estimate of drug-likeness (QED) is 0.541. The summed E-state index contributed by atoms with van der Waals surface area (Å²) in [6.45, 7) is 1.65. The lowest BCUT2D eigenvalue weighted by atomic mass is 10.1. The molecular formula is C21H16F6N4O. The van der Waals surface area contributed by atoms with Crippen LogP contribution in [0.5, 0.6) is 0 Å². The van der Waals surface area contributed by atoms with Gasteiger partial charge in [-0.05, 0) is 49.1 Å². The number of benzene rings is 1. The maximum Gasteiger partial charge on any atom is 0.417 e. The normalized spacial score (nSPS) is 18.5. The van der Waals surface area contributed by atoms with E-state index < -0.39 is 29.4 Å². The number of carbonyl (C=O) groups is 1. The highest BCUT2D eigenvalue weighted by Crippen LogP contribution is 2.48. The van der Waals surface area contributed by atoms with Crippen molar-refractivity contribution in [1.82, 2.24) is 14.8 Å². The van der Waals surface area contributed by atoms with Crippen molar-refractivity contribution in [1.29, 1.82) is 0 Å². The maximum absolute atomic E-state index is 12.8. The van der Waals surface area contributed by atoms with E-state index in [1.165, 1.54) is 16.8 Å². The molecule has 32 heavy (non-hydrogen) atoms. The predicted molar refractivity (Wildman–Crippen MR) is 102 cm³/mol. The summed E-state index contributed by atoms with van der Waals surface area (Å²) in [5, 5.41) is 6.86. The second kappa shape index (κ2) is 7.64. The van der Waals surface area contributed by atoms with Crippen molar-refractivity contribution >= 4 is 11.7 Å². The lowest BCUT2D eigenvalue weighted by molar-refractivity contribution is -0.138. The van der Waals surface area contributed by atoms with E-state index in [2.05, 4.69) is 15.4 Å². The molecule has 11 heteroatoms. The number of anilines is 1. The standard InChI is InChI=1S/C21H16F6N4O/c1-11-8-18(31(30-11)17-7-6-14(10-28-17)21(25,26)27)29-19(32)16-9-15(16)12-2-4-13(5-3-12)20(22,23)24/h2-8,10,15-16H,9H2,1H3,(H,29,32). The van der Waals surface area contributed by atoms with E-state index in [4.69, 9.17) is 0 Å². The number of aromatic nitrogens is 3. The topological polar surface area (TPSA) is 59.8 Å². The average molecular weight is 454 g/mol. The van der Waals surface area contributed by atoms with Crippen molar-refractivity contribution in [3.05, 3.63) is 71.0 Å². The van der Waals surface area contributed by atoms with Crippen molar-refractivity contribution in [2.75, 3.05) is 5.32 Å². The number of alkyl halides is 6. The number of hydrogen-bond acceptors (Lipinski definition) is 3. The van der Waals surface area contributed by atoms with Crippen molar-refractivity contribution in [3.63, 3.8) is 0 Å². The van der Waals surface area contributed by atoms with Crippen LogP contribution in [0, 0.1) is 12.8 Å². The van der Waals surface area contributed by atoms with Gasteiger partial charge < -0.3 is 5.32 Å². The molecule has 168 valence electrons. The number of amides is 1. The highest BCUT2D eigenvalue weighted by molar-refractivity contribution is 5.94. The number of halogens is 6. The zero-order chi connectivity index (χ0) is 23.3. The van der Waals surface area contributed by atoms with E-state index in [1.807, 2.05) is 0 Å². The Morgan fingerprint density at radius 2 is 1.62 bits per heavy atom. The van der Waals surface area contributed by atoms with Gasteiger partial charge in [-0.15, -0.1) is 0 Å². The fourth-order valence-corrected chi connectivity index (χ4v) is 3.43. The molecule has 2 heterocycles. The minimum Gasteiger partial charge on any atom is -0.310 e. The average Bonchev–Trinajstić information content (AvgIpc) is 3.44. The third-order valence-electron chi connectivity index (χ3n) is 5.17. The lowest BCUT2D eigenvalue weighted by Crippen LogP contribution is -2.18. The van der Waals surface area contributed by atoms with Crippen LogP contribution in [0.1, 0.15) is 34.7 Å². The highest BCUT2D eigenvalue weighted by Gasteiger charge is 2.44. The van der Waals surface area contributed by atoms with Gasteiger partial charge in [0, 0.05) is 18.2 Å². The molecule has 2 aromatic heterocycles. The monoisotopic (exact) mass is 454 g/mol. The fraction of sp³-hybridized carbons (Fsp3) is 0.286. The van der Waals surface area contributed by atoms with E-state index >= 15 is 0 Å². The fourth-order valence-electron chi connectivity index (χ4n) is 3.43. The molecule has 2 unspecified atom stereocenters. The molecule has 0 spiro atoms. The van der Waals surface area contributed by atoms with Gasteiger partial charge in [-0.2, -0.15) is 36.1 Å². The van der Waals surface area contributed by atoms with Gasteiger partial charge in [-0.25, -0.2) is 4.98 Å². The van der Waals surface area contributed by atoms with Crippen molar-refractivity contribution in [2.45, 2.75) is 31.6 Å². The van der Waals surface area contributed by atoms with Gasteiger partial charge in [-0.1, -0.05) is 12.1 Å². The van der Waals surface area contributed by atoms with E-state index in [9.17, 15) is 31.1 Å². The number of hydrogen-bond donors (Lipinski definition) is 1. The van der Waals surface area contributed by atoms with Crippen LogP contribution in [0.25, 0.3) is 5.82 Å². The highest BCUT2D eigenvalue weighted by atomic mass is 19.4. The van der Waals surface area contributed by atoms with Crippen LogP contribution in [0.3, 0.4) is 0 Å². The van der Waals surface area contributed by atoms with Gasteiger partial charge in [0.05, 0.1) is 16.8 Å². The van der Waals surface area contributed by atoms with Crippen LogP contribution < -0.4 is 5.32 Å². The van der Waals surface area contributed by atoms with Gasteiger partial charge >= 0.3 is 12.4 Å².